The minimum absolute atomic E-state index is 0.693. The smallest absolute Gasteiger partial charge is 0.0661 e. The topological polar surface area (TPSA) is 24.4 Å². The maximum absolute atomic E-state index is 5.18. The summed E-state index contributed by atoms with van der Waals surface area (Å²) in [6.07, 6.45) is 6.92. The van der Waals surface area contributed by atoms with E-state index >= 15 is 0 Å². The molecule has 2 nitrogen and oxygen atoms in total. The Bertz CT molecular complexity index is 205. The summed E-state index contributed by atoms with van der Waals surface area (Å²) in [5.41, 5.74) is 4.86. The molecule has 0 aromatic heterocycles. The highest BCUT2D eigenvalue weighted by atomic mass is 15.3. The highest BCUT2D eigenvalue weighted by Crippen LogP contribution is 2.01. The molecule has 0 atom stereocenters. The van der Waals surface area contributed by atoms with Crippen LogP contribution in [-0.2, 0) is 0 Å². The molecule has 46 valence electrons. The van der Waals surface area contributed by atoms with Gasteiger partial charge >= 0.3 is 0 Å². The van der Waals surface area contributed by atoms with E-state index in [1.807, 2.05) is 6.92 Å². The van der Waals surface area contributed by atoms with Crippen molar-refractivity contribution in [3.8, 4) is 12.3 Å². The second-order valence-corrected chi connectivity index (χ2v) is 1.90. The fourth-order valence-corrected chi connectivity index (χ4v) is 0.649. The molecule has 0 aromatic carbocycles. The molecule has 0 amide bonds. The van der Waals surface area contributed by atoms with Crippen LogP contribution in [0.25, 0.3) is 0 Å². The van der Waals surface area contributed by atoms with Gasteiger partial charge in [0.2, 0.25) is 0 Å². The van der Waals surface area contributed by atoms with Gasteiger partial charge in [0.15, 0.2) is 0 Å². The number of rotatable bonds is 0. The Kier molecular flexibility index (Phi) is 1.55. The molecular formula is C7H8N2. The number of hydrogen-bond acceptors (Lipinski definition) is 2. The first-order valence-electron chi connectivity index (χ1n) is 2.77. The highest BCUT2D eigenvalue weighted by molar-refractivity contribution is 5.81. The zero-order valence-electron chi connectivity index (χ0n) is 5.31. The zero-order valence-corrected chi connectivity index (χ0v) is 5.31. The van der Waals surface area contributed by atoms with E-state index in [1.165, 1.54) is 0 Å². The van der Waals surface area contributed by atoms with Crippen molar-refractivity contribution in [2.75, 3.05) is 6.54 Å². The quantitative estimate of drug-likeness (QED) is 0.463. The largest absolute Gasteiger partial charge is 0.305 e. The number of hydrazone groups is 1. The second-order valence-electron chi connectivity index (χ2n) is 1.90. The maximum Gasteiger partial charge on any atom is 0.0661 e. The van der Waals surface area contributed by atoms with Crippen molar-refractivity contribution in [3.05, 3.63) is 11.1 Å². The average molecular weight is 120 g/mol. The van der Waals surface area contributed by atoms with Gasteiger partial charge in [-0.1, -0.05) is 5.92 Å². The van der Waals surface area contributed by atoms with Gasteiger partial charge < -0.3 is 5.43 Å². The summed E-state index contributed by atoms with van der Waals surface area (Å²) < 4.78 is 0. The summed E-state index contributed by atoms with van der Waals surface area (Å²) in [7, 11) is 0. The van der Waals surface area contributed by atoms with Gasteiger partial charge in [0.25, 0.3) is 0 Å². The minimum atomic E-state index is 0.693. The number of terminal acetylenes is 1. The molecule has 9 heavy (non-hydrogen) atoms. The van der Waals surface area contributed by atoms with Gasteiger partial charge in [0.05, 0.1) is 12.8 Å². The predicted octanol–water partition coefficient (Wildman–Crippen LogP) is 0.525. The lowest BCUT2D eigenvalue weighted by Crippen LogP contribution is -2.15. The maximum atomic E-state index is 5.18. The Morgan fingerprint density at radius 1 is 1.89 bits per heavy atom. The van der Waals surface area contributed by atoms with E-state index in [0.29, 0.717) is 6.54 Å². The summed E-state index contributed by atoms with van der Waals surface area (Å²) >= 11 is 0. The van der Waals surface area contributed by atoms with Gasteiger partial charge in [0, 0.05) is 5.57 Å². The minimum Gasteiger partial charge on any atom is -0.305 e. The Labute approximate surface area is 54.6 Å². The molecule has 0 fully saturated rings. The van der Waals surface area contributed by atoms with Crippen LogP contribution in [0.5, 0.6) is 0 Å². The van der Waals surface area contributed by atoms with E-state index in [9.17, 15) is 0 Å². The van der Waals surface area contributed by atoms with E-state index in [0.717, 1.165) is 11.1 Å². The van der Waals surface area contributed by atoms with E-state index in [-0.39, 0.29) is 0 Å². The molecule has 0 bridgehead atoms. The third kappa shape index (κ3) is 1.11. The summed E-state index contributed by atoms with van der Waals surface area (Å²) in [5.74, 6) is 2.58. The number of nitrogens with zero attached hydrogens (tertiary/aromatic N) is 1. The van der Waals surface area contributed by atoms with Crippen LogP contribution in [0.3, 0.4) is 0 Å². The molecule has 1 aliphatic rings. The lowest BCUT2D eigenvalue weighted by molar-refractivity contribution is 0.801. The Hall–Kier alpha value is -1.23. The van der Waals surface area contributed by atoms with Crippen molar-refractivity contribution >= 4 is 6.21 Å². The molecule has 0 aliphatic carbocycles. The van der Waals surface area contributed by atoms with Crippen LogP contribution in [0.4, 0.5) is 0 Å². The average Bonchev–Trinajstić information content (AvgIpc) is 1.89. The first-order chi connectivity index (χ1) is 4.34. The Morgan fingerprint density at radius 2 is 2.67 bits per heavy atom. The van der Waals surface area contributed by atoms with E-state index in [4.69, 9.17) is 6.42 Å². The first kappa shape index (κ1) is 5.90. The van der Waals surface area contributed by atoms with Gasteiger partial charge in [0.1, 0.15) is 0 Å². The summed E-state index contributed by atoms with van der Waals surface area (Å²) in [6, 6.07) is 0. The molecule has 1 N–H and O–H groups in total. The Morgan fingerprint density at radius 3 is 3.11 bits per heavy atom. The van der Waals surface area contributed by atoms with Crippen molar-refractivity contribution in [1.82, 2.24) is 5.43 Å². The van der Waals surface area contributed by atoms with E-state index in [2.05, 4.69) is 16.4 Å². The molecular weight excluding hydrogens is 112 g/mol. The van der Waals surface area contributed by atoms with Crippen LogP contribution >= 0.6 is 0 Å². The lowest BCUT2D eigenvalue weighted by atomic mass is 10.1. The Balaban J connectivity index is 2.88. The summed E-state index contributed by atoms with van der Waals surface area (Å²) in [4.78, 5) is 0. The highest BCUT2D eigenvalue weighted by Gasteiger charge is 1.99. The summed E-state index contributed by atoms with van der Waals surface area (Å²) in [5, 5.41) is 3.83. The standard InChI is InChI=1S/C7H8N2/c1-3-7-5-9-8-4-6(7)2/h1,4,9H,5H2,2H3. The number of hydrogen-bond donors (Lipinski definition) is 1. The SMILES string of the molecule is C#CC1=C(C)C=NNC1. The molecule has 0 aromatic rings. The number of allylic oxidation sites excluding steroid dienone is 1. The molecule has 0 spiro atoms. The van der Waals surface area contributed by atoms with Gasteiger partial charge in [-0.05, 0) is 12.5 Å². The van der Waals surface area contributed by atoms with Crippen molar-refractivity contribution in [1.29, 1.82) is 0 Å². The van der Waals surface area contributed by atoms with Crippen LogP contribution in [0, 0.1) is 12.3 Å². The van der Waals surface area contributed by atoms with Crippen molar-refractivity contribution in [2.24, 2.45) is 5.10 Å². The molecule has 0 unspecified atom stereocenters. The van der Waals surface area contributed by atoms with Crippen LogP contribution < -0.4 is 5.43 Å². The molecule has 1 rings (SSSR count). The van der Waals surface area contributed by atoms with Crippen molar-refractivity contribution in [2.45, 2.75) is 6.92 Å². The second kappa shape index (κ2) is 2.36. The normalized spacial score (nSPS) is 16.9. The van der Waals surface area contributed by atoms with E-state index < -0.39 is 0 Å². The lowest BCUT2D eigenvalue weighted by Gasteiger charge is -2.06. The van der Waals surface area contributed by atoms with Gasteiger partial charge in [-0.2, -0.15) is 5.10 Å². The van der Waals surface area contributed by atoms with Gasteiger partial charge in [-0.3, -0.25) is 0 Å². The molecule has 1 heterocycles. The molecule has 0 saturated heterocycles. The van der Waals surface area contributed by atoms with E-state index in [1.54, 1.807) is 6.21 Å². The molecule has 0 saturated carbocycles. The fourth-order valence-electron chi connectivity index (χ4n) is 0.649. The van der Waals surface area contributed by atoms with Crippen LogP contribution in [0.1, 0.15) is 6.92 Å². The third-order valence-corrected chi connectivity index (χ3v) is 1.26. The molecule has 2 heteroatoms. The van der Waals surface area contributed by atoms with Gasteiger partial charge in [-0.25, -0.2) is 0 Å². The van der Waals surface area contributed by atoms with Crippen molar-refractivity contribution < 1.29 is 0 Å². The predicted molar refractivity (Wildman–Crippen MR) is 38.0 cm³/mol. The molecule has 0 radical (unpaired) electrons. The first-order valence-corrected chi connectivity index (χ1v) is 2.77. The van der Waals surface area contributed by atoms with Crippen molar-refractivity contribution in [3.63, 3.8) is 0 Å². The van der Waals surface area contributed by atoms with Gasteiger partial charge in [-0.15, -0.1) is 6.42 Å². The third-order valence-electron chi connectivity index (χ3n) is 1.26. The van der Waals surface area contributed by atoms with Crippen LogP contribution in [0.15, 0.2) is 16.2 Å². The van der Waals surface area contributed by atoms with Crippen LogP contribution in [0.2, 0.25) is 0 Å². The number of nitrogens with one attached hydrogen (secondary N) is 1. The van der Waals surface area contributed by atoms with Crippen LogP contribution in [-0.4, -0.2) is 12.8 Å². The molecule has 1 aliphatic heterocycles. The fraction of sp³-hybridized carbons (Fsp3) is 0.286. The summed E-state index contributed by atoms with van der Waals surface area (Å²) in [6.45, 7) is 2.65. The zero-order chi connectivity index (χ0) is 6.69. The monoisotopic (exact) mass is 120 g/mol.